The molecule has 29 heavy (non-hydrogen) atoms. The van der Waals surface area contributed by atoms with Crippen molar-refractivity contribution in [1.82, 2.24) is 0 Å². The molecule has 2 aliphatic heterocycles. The first-order valence-electron chi connectivity index (χ1n) is 9.77. The van der Waals surface area contributed by atoms with Crippen LogP contribution in [0.5, 0.6) is 0 Å². The number of hydrogen-bond acceptors (Lipinski definition) is 0. The van der Waals surface area contributed by atoms with Crippen LogP contribution in [-0.2, 0) is 12.7 Å². The van der Waals surface area contributed by atoms with E-state index in [1.54, 1.807) is 32.9 Å². The van der Waals surface area contributed by atoms with E-state index in [9.17, 15) is 0 Å². The molecule has 2 aliphatic rings. The van der Waals surface area contributed by atoms with Crippen molar-refractivity contribution in [3.63, 3.8) is 0 Å². The molecule has 4 atom stereocenters. The molecule has 0 radical (unpaired) electrons. The predicted molar refractivity (Wildman–Crippen MR) is 132 cm³/mol. The van der Waals surface area contributed by atoms with Crippen LogP contribution in [0.4, 0.5) is 0 Å². The molecule has 0 fully saturated rings. The Morgan fingerprint density at radius 3 is 1.28 bits per heavy atom. The van der Waals surface area contributed by atoms with Gasteiger partial charge in [0.05, 0.1) is 0 Å². The molecule has 4 unspecified atom stereocenters. The summed E-state index contributed by atoms with van der Waals surface area (Å²) in [5, 5.41) is 3.17. The van der Waals surface area contributed by atoms with Crippen molar-refractivity contribution in [2.24, 2.45) is 0 Å². The quantitative estimate of drug-likeness (QED) is 0.230. The van der Waals surface area contributed by atoms with E-state index in [0.29, 0.717) is 12.7 Å². The third-order valence-electron chi connectivity index (χ3n) is 6.19. The maximum absolute atomic E-state index is 4.70. The molecular formula is C24H28Cl2NiP2. The zero-order chi connectivity index (χ0) is 21.0. The fourth-order valence-electron chi connectivity index (χ4n) is 4.49. The van der Waals surface area contributed by atoms with Gasteiger partial charge in [-0.05, 0) is 50.6 Å². The molecule has 0 amide bonds. The van der Waals surface area contributed by atoms with E-state index in [1.165, 1.54) is 12.3 Å². The molecule has 0 aliphatic carbocycles. The van der Waals surface area contributed by atoms with Crippen molar-refractivity contribution < 1.29 is 12.7 Å². The predicted octanol–water partition coefficient (Wildman–Crippen LogP) is 7.41. The van der Waals surface area contributed by atoms with Gasteiger partial charge in [0.2, 0.25) is 0 Å². The second-order valence-electron chi connectivity index (χ2n) is 7.79. The van der Waals surface area contributed by atoms with Crippen LogP contribution in [0.15, 0.2) is 83.0 Å². The molecule has 158 valence electrons. The normalized spacial score (nSPS) is 26.7. The third-order valence-corrected chi connectivity index (χ3v) is 12.7. The van der Waals surface area contributed by atoms with Crippen LogP contribution in [-0.4, -0.2) is 23.6 Å². The Bertz CT molecular complexity index is 807. The summed E-state index contributed by atoms with van der Waals surface area (Å²) in [5.74, 6) is 0. The van der Waals surface area contributed by atoms with Crippen LogP contribution < -0.4 is 10.6 Å². The SMILES string of the molecule is CC1=C(C)C(C2C(C)=C(C)CP2c2ccccc2)P(c2ccccc2)C1.[Cl][Ni][Cl]. The van der Waals surface area contributed by atoms with E-state index in [1.807, 2.05) is 0 Å². The van der Waals surface area contributed by atoms with Crippen LogP contribution in [0.3, 0.4) is 0 Å². The first-order valence-corrected chi connectivity index (χ1v) is 15.7. The maximum atomic E-state index is 4.70. The molecule has 0 N–H and O–H groups in total. The fourth-order valence-corrected chi connectivity index (χ4v) is 12.0. The Balaban J connectivity index is 0.000000755. The summed E-state index contributed by atoms with van der Waals surface area (Å²) in [6.45, 7) is 9.59. The van der Waals surface area contributed by atoms with Crippen molar-refractivity contribution >= 4 is 46.8 Å². The Morgan fingerprint density at radius 1 is 0.655 bits per heavy atom. The van der Waals surface area contributed by atoms with E-state index in [-0.39, 0.29) is 15.8 Å². The molecule has 2 aromatic rings. The standard InChI is InChI=1S/C24H28P2.2ClH.Ni/c1-17-15-25(21-11-7-5-8-12-21)23(19(17)3)24-20(4)18(2)16-26(24)22-13-9-6-10-14-22;;;/h5-14,23-24H,15-16H2,1-4H3;2*1H;/q;;;+2/p-2. The monoisotopic (exact) mass is 506 g/mol. The summed E-state index contributed by atoms with van der Waals surface area (Å²) < 4.78 is 0. The molecule has 0 saturated carbocycles. The van der Waals surface area contributed by atoms with Gasteiger partial charge < -0.3 is 0 Å². The molecule has 5 heteroatoms. The van der Waals surface area contributed by atoms with E-state index in [2.05, 4.69) is 88.4 Å². The van der Waals surface area contributed by atoms with Gasteiger partial charge in [-0.25, -0.2) is 0 Å². The zero-order valence-corrected chi connectivity index (χ0v) is 21.6. The molecule has 0 aromatic heterocycles. The molecule has 0 saturated heterocycles. The molecule has 0 nitrogen and oxygen atoms in total. The van der Waals surface area contributed by atoms with Crippen LogP contribution in [0.25, 0.3) is 0 Å². The Morgan fingerprint density at radius 2 is 0.966 bits per heavy atom. The third kappa shape index (κ3) is 5.20. The molecule has 2 heterocycles. The minimum atomic E-state index is -0.148. The van der Waals surface area contributed by atoms with E-state index >= 15 is 0 Å². The molecule has 0 spiro atoms. The summed E-state index contributed by atoms with van der Waals surface area (Å²) in [7, 11) is 9.11. The summed E-state index contributed by atoms with van der Waals surface area (Å²) in [5.41, 5.74) is 8.09. The minimum absolute atomic E-state index is 0.148. The molecule has 2 aromatic carbocycles. The molecule has 0 bridgehead atoms. The van der Waals surface area contributed by atoms with E-state index in [4.69, 9.17) is 20.4 Å². The van der Waals surface area contributed by atoms with E-state index in [0.717, 1.165) is 11.3 Å². The number of halogens is 2. The van der Waals surface area contributed by atoms with Gasteiger partial charge in [-0.1, -0.05) is 98.8 Å². The van der Waals surface area contributed by atoms with Gasteiger partial charge in [-0.3, -0.25) is 0 Å². The van der Waals surface area contributed by atoms with Gasteiger partial charge in [0, 0.05) is 11.3 Å². The van der Waals surface area contributed by atoms with Crippen molar-refractivity contribution in [3.05, 3.63) is 83.0 Å². The second-order valence-corrected chi connectivity index (χ2v) is 14.1. The average Bonchev–Trinajstić information content (AvgIpc) is 3.19. The van der Waals surface area contributed by atoms with Gasteiger partial charge in [0.1, 0.15) is 0 Å². The number of rotatable bonds is 3. The summed E-state index contributed by atoms with van der Waals surface area (Å²) in [6, 6.07) is 22.7. The summed E-state index contributed by atoms with van der Waals surface area (Å²) >= 11 is 0.569. The zero-order valence-electron chi connectivity index (χ0n) is 17.3. The van der Waals surface area contributed by atoms with Gasteiger partial charge in [0.25, 0.3) is 0 Å². The van der Waals surface area contributed by atoms with Crippen molar-refractivity contribution in [2.75, 3.05) is 12.3 Å². The van der Waals surface area contributed by atoms with Crippen molar-refractivity contribution in [3.8, 4) is 0 Å². The number of hydrogen-bond donors (Lipinski definition) is 0. The van der Waals surface area contributed by atoms with Gasteiger partial charge in [-0.2, -0.15) is 0 Å². The first-order chi connectivity index (χ1) is 14.0. The Hall–Kier alpha value is -0.146. The van der Waals surface area contributed by atoms with E-state index < -0.39 is 0 Å². The first kappa shape index (κ1) is 23.5. The van der Waals surface area contributed by atoms with Gasteiger partial charge >= 0.3 is 33.0 Å². The average molecular weight is 508 g/mol. The van der Waals surface area contributed by atoms with Crippen LogP contribution in [0, 0.1) is 0 Å². The van der Waals surface area contributed by atoms with Crippen LogP contribution >= 0.6 is 36.2 Å². The Labute approximate surface area is 193 Å². The van der Waals surface area contributed by atoms with Crippen LogP contribution in [0.2, 0.25) is 0 Å². The molecular weight excluding hydrogens is 480 g/mol. The Kier molecular flexibility index (Phi) is 8.87. The number of allylic oxidation sites excluding steroid dienone is 4. The van der Waals surface area contributed by atoms with Crippen LogP contribution in [0.1, 0.15) is 27.7 Å². The fraction of sp³-hybridized carbons (Fsp3) is 0.333. The number of benzene rings is 2. The summed E-state index contributed by atoms with van der Waals surface area (Å²) in [6.07, 6.45) is 2.58. The molecule has 4 rings (SSSR count). The van der Waals surface area contributed by atoms with Crippen molar-refractivity contribution in [1.29, 1.82) is 0 Å². The van der Waals surface area contributed by atoms with Gasteiger partial charge in [0.15, 0.2) is 0 Å². The van der Waals surface area contributed by atoms with Gasteiger partial charge in [-0.15, -0.1) is 0 Å². The second kappa shape index (κ2) is 10.9. The topological polar surface area (TPSA) is 0 Å². The van der Waals surface area contributed by atoms with Crippen molar-refractivity contribution in [2.45, 2.75) is 39.0 Å². The summed E-state index contributed by atoms with van der Waals surface area (Å²) in [4.78, 5) is 0.